The molecular formula is C20H32ClN3O3. The maximum Gasteiger partial charge on any atom is 0.340 e. The number of H-pyrrole nitrogens is 1. The Morgan fingerprint density at radius 1 is 1.07 bits per heavy atom. The van der Waals surface area contributed by atoms with E-state index in [1.165, 1.54) is 12.8 Å². The number of esters is 1. The van der Waals surface area contributed by atoms with Gasteiger partial charge >= 0.3 is 5.97 Å². The SMILES string of the molecule is CCOC(=O)c1c(C)[nH]c(C(=O)N2CCC(C3CCNCC3)CC2)c1C.Cl. The van der Waals surface area contributed by atoms with E-state index in [2.05, 4.69) is 10.3 Å². The minimum absolute atomic E-state index is 0. The Morgan fingerprint density at radius 2 is 1.67 bits per heavy atom. The molecule has 7 heteroatoms. The van der Waals surface area contributed by atoms with Gasteiger partial charge in [-0.1, -0.05) is 0 Å². The molecule has 2 fully saturated rings. The average Bonchev–Trinajstić information content (AvgIpc) is 2.96. The van der Waals surface area contributed by atoms with Gasteiger partial charge in [-0.15, -0.1) is 12.4 Å². The largest absolute Gasteiger partial charge is 0.462 e. The maximum absolute atomic E-state index is 13.0. The molecule has 1 aromatic rings. The average molecular weight is 398 g/mol. The van der Waals surface area contributed by atoms with E-state index in [0.29, 0.717) is 29.1 Å². The van der Waals surface area contributed by atoms with Crippen molar-refractivity contribution in [1.29, 1.82) is 0 Å². The number of aromatic amines is 1. The molecule has 0 radical (unpaired) electrons. The van der Waals surface area contributed by atoms with E-state index in [-0.39, 0.29) is 24.3 Å². The monoisotopic (exact) mass is 397 g/mol. The van der Waals surface area contributed by atoms with Gasteiger partial charge in [-0.3, -0.25) is 4.79 Å². The van der Waals surface area contributed by atoms with Gasteiger partial charge in [0.1, 0.15) is 5.69 Å². The number of rotatable bonds is 4. The zero-order chi connectivity index (χ0) is 18.7. The van der Waals surface area contributed by atoms with Crippen LogP contribution >= 0.6 is 12.4 Å². The number of piperidine rings is 2. The highest BCUT2D eigenvalue weighted by Gasteiger charge is 2.31. The van der Waals surface area contributed by atoms with Crippen LogP contribution in [0, 0.1) is 25.7 Å². The molecule has 6 nitrogen and oxygen atoms in total. The van der Waals surface area contributed by atoms with Crippen molar-refractivity contribution in [3.05, 3.63) is 22.5 Å². The van der Waals surface area contributed by atoms with Crippen molar-refractivity contribution >= 4 is 24.3 Å². The molecule has 0 unspecified atom stereocenters. The molecule has 1 aromatic heterocycles. The summed E-state index contributed by atoms with van der Waals surface area (Å²) in [5.41, 5.74) is 2.44. The highest BCUT2D eigenvalue weighted by Crippen LogP contribution is 2.31. The summed E-state index contributed by atoms with van der Waals surface area (Å²) in [5, 5.41) is 3.43. The summed E-state index contributed by atoms with van der Waals surface area (Å²) >= 11 is 0. The van der Waals surface area contributed by atoms with Gasteiger partial charge < -0.3 is 19.9 Å². The van der Waals surface area contributed by atoms with Gasteiger partial charge in [0.2, 0.25) is 0 Å². The van der Waals surface area contributed by atoms with Crippen LogP contribution in [0.4, 0.5) is 0 Å². The quantitative estimate of drug-likeness (QED) is 0.765. The second-order valence-electron chi connectivity index (χ2n) is 7.56. The van der Waals surface area contributed by atoms with Crippen LogP contribution in [-0.4, -0.2) is 54.5 Å². The molecule has 0 aromatic carbocycles. The summed E-state index contributed by atoms with van der Waals surface area (Å²) in [6.07, 6.45) is 4.69. The molecule has 0 saturated carbocycles. The standard InChI is InChI=1S/C20H31N3O3.ClH/c1-4-26-20(25)17-13(2)18(22-14(17)3)19(24)23-11-7-16(8-12-23)15-5-9-21-10-6-15;/h15-16,21-22H,4-12H2,1-3H3;1H. The number of hydrogen-bond acceptors (Lipinski definition) is 4. The summed E-state index contributed by atoms with van der Waals surface area (Å²) in [6.45, 7) is 9.62. The van der Waals surface area contributed by atoms with Crippen LogP contribution in [0.3, 0.4) is 0 Å². The van der Waals surface area contributed by atoms with Gasteiger partial charge in [0.25, 0.3) is 5.91 Å². The summed E-state index contributed by atoms with van der Waals surface area (Å²) < 4.78 is 5.12. The Hall–Kier alpha value is -1.53. The Bertz CT molecular complexity index is 660. The van der Waals surface area contributed by atoms with E-state index in [1.54, 1.807) is 6.92 Å². The van der Waals surface area contributed by atoms with Crippen LogP contribution in [0.1, 0.15) is 64.7 Å². The molecule has 27 heavy (non-hydrogen) atoms. The van der Waals surface area contributed by atoms with E-state index >= 15 is 0 Å². The van der Waals surface area contributed by atoms with E-state index in [4.69, 9.17) is 4.74 Å². The van der Waals surface area contributed by atoms with Crippen LogP contribution in [0.25, 0.3) is 0 Å². The van der Waals surface area contributed by atoms with Crippen molar-refractivity contribution < 1.29 is 14.3 Å². The van der Waals surface area contributed by atoms with Crippen LogP contribution in [0.15, 0.2) is 0 Å². The molecule has 0 atom stereocenters. The van der Waals surface area contributed by atoms with Crippen molar-refractivity contribution in [2.75, 3.05) is 32.8 Å². The van der Waals surface area contributed by atoms with Crippen LogP contribution in [0.5, 0.6) is 0 Å². The van der Waals surface area contributed by atoms with Gasteiger partial charge in [-0.25, -0.2) is 4.79 Å². The second-order valence-corrected chi connectivity index (χ2v) is 7.56. The molecular weight excluding hydrogens is 366 g/mol. The fourth-order valence-electron chi connectivity index (χ4n) is 4.52. The first-order chi connectivity index (χ1) is 12.5. The minimum Gasteiger partial charge on any atom is -0.462 e. The maximum atomic E-state index is 13.0. The number of nitrogens with zero attached hydrogens (tertiary/aromatic N) is 1. The van der Waals surface area contributed by atoms with Gasteiger partial charge in [0.15, 0.2) is 0 Å². The lowest BCUT2D eigenvalue weighted by molar-refractivity contribution is 0.0525. The molecule has 2 saturated heterocycles. The molecule has 3 heterocycles. The van der Waals surface area contributed by atoms with Crippen molar-refractivity contribution in [1.82, 2.24) is 15.2 Å². The van der Waals surface area contributed by atoms with Crippen molar-refractivity contribution in [3.8, 4) is 0 Å². The van der Waals surface area contributed by atoms with Gasteiger partial charge in [-0.2, -0.15) is 0 Å². The van der Waals surface area contributed by atoms with Crippen molar-refractivity contribution in [3.63, 3.8) is 0 Å². The third kappa shape index (κ3) is 4.66. The Balaban J connectivity index is 0.00000261. The van der Waals surface area contributed by atoms with E-state index in [9.17, 15) is 9.59 Å². The smallest absolute Gasteiger partial charge is 0.340 e. The fraction of sp³-hybridized carbons (Fsp3) is 0.700. The predicted molar refractivity (Wildman–Crippen MR) is 108 cm³/mol. The summed E-state index contributed by atoms with van der Waals surface area (Å²) in [5.74, 6) is 1.19. The number of aromatic nitrogens is 1. The fourth-order valence-corrected chi connectivity index (χ4v) is 4.52. The topological polar surface area (TPSA) is 74.4 Å². The number of carbonyl (C=O) groups excluding carboxylic acids is 2. The number of hydrogen-bond donors (Lipinski definition) is 2. The lowest BCUT2D eigenvalue weighted by Crippen LogP contribution is -2.42. The van der Waals surface area contributed by atoms with Crippen LogP contribution in [0.2, 0.25) is 0 Å². The number of likely N-dealkylation sites (tertiary alicyclic amines) is 1. The molecule has 2 aliphatic heterocycles. The Morgan fingerprint density at radius 3 is 2.26 bits per heavy atom. The van der Waals surface area contributed by atoms with Crippen molar-refractivity contribution in [2.24, 2.45) is 11.8 Å². The third-order valence-corrected chi connectivity index (χ3v) is 6.01. The zero-order valence-corrected chi connectivity index (χ0v) is 17.4. The zero-order valence-electron chi connectivity index (χ0n) is 16.6. The lowest BCUT2D eigenvalue weighted by atomic mass is 9.79. The highest BCUT2D eigenvalue weighted by atomic mass is 35.5. The lowest BCUT2D eigenvalue weighted by Gasteiger charge is -2.37. The van der Waals surface area contributed by atoms with Gasteiger partial charge in [0, 0.05) is 18.8 Å². The Labute approximate surface area is 167 Å². The van der Waals surface area contributed by atoms with Crippen LogP contribution < -0.4 is 5.32 Å². The summed E-state index contributed by atoms with van der Waals surface area (Å²) in [7, 11) is 0. The van der Waals surface area contributed by atoms with Crippen LogP contribution in [-0.2, 0) is 4.74 Å². The minimum atomic E-state index is -0.359. The summed E-state index contributed by atoms with van der Waals surface area (Å²) in [6, 6.07) is 0. The number of halogens is 1. The molecule has 152 valence electrons. The molecule has 1 amide bonds. The molecule has 3 rings (SSSR count). The van der Waals surface area contributed by atoms with E-state index in [0.717, 1.165) is 50.9 Å². The van der Waals surface area contributed by atoms with Gasteiger partial charge in [0.05, 0.1) is 12.2 Å². The first-order valence-corrected chi connectivity index (χ1v) is 9.89. The van der Waals surface area contributed by atoms with Gasteiger partial charge in [-0.05, 0) is 76.9 Å². The number of ether oxygens (including phenoxy) is 1. The normalized spacial score (nSPS) is 18.9. The first-order valence-electron chi connectivity index (χ1n) is 9.89. The summed E-state index contributed by atoms with van der Waals surface area (Å²) in [4.78, 5) is 30.2. The number of amides is 1. The second kappa shape index (κ2) is 9.60. The van der Waals surface area contributed by atoms with Crippen molar-refractivity contribution in [2.45, 2.75) is 46.5 Å². The molecule has 2 N–H and O–H groups in total. The molecule has 2 aliphatic rings. The first kappa shape index (κ1) is 21.8. The number of aryl methyl sites for hydroxylation is 1. The van der Waals surface area contributed by atoms with E-state index in [1.807, 2.05) is 18.7 Å². The predicted octanol–water partition coefficient (Wildman–Crippen LogP) is 3.08. The highest BCUT2D eigenvalue weighted by molar-refractivity contribution is 6.00. The Kier molecular flexibility index (Phi) is 7.74. The number of carbonyl (C=O) groups is 2. The molecule has 0 bridgehead atoms. The number of nitrogens with one attached hydrogen (secondary N) is 2. The third-order valence-electron chi connectivity index (χ3n) is 6.01. The molecule has 0 spiro atoms. The molecule has 0 aliphatic carbocycles. The van der Waals surface area contributed by atoms with E-state index < -0.39 is 0 Å².